The minimum Gasteiger partial charge on any atom is -0.396 e. The normalized spacial score (nSPS) is 18.0. The van der Waals surface area contributed by atoms with Crippen molar-refractivity contribution in [1.82, 2.24) is 5.32 Å². The van der Waals surface area contributed by atoms with Crippen LogP contribution in [-0.4, -0.2) is 44.7 Å². The van der Waals surface area contributed by atoms with Gasteiger partial charge in [-0.2, -0.15) is 0 Å². The fraction of sp³-hybridized carbons (Fsp3) is 1.00. The smallest absolute Gasteiger partial charge is 0.334 e. The first kappa shape index (κ1) is 14.3. The highest BCUT2D eigenvalue weighted by atomic mass is 28.4. The van der Waals surface area contributed by atoms with E-state index in [4.69, 9.17) is 8.85 Å². The minimum atomic E-state index is -1.86. The summed E-state index contributed by atoms with van der Waals surface area (Å²) >= 11 is 0. The Balaban J connectivity index is 3.95. The van der Waals surface area contributed by atoms with Crippen LogP contribution in [0.5, 0.6) is 0 Å². The van der Waals surface area contributed by atoms with Gasteiger partial charge in [0.1, 0.15) is 0 Å². The van der Waals surface area contributed by atoms with Gasteiger partial charge < -0.3 is 14.2 Å². The van der Waals surface area contributed by atoms with Crippen molar-refractivity contribution in [2.45, 2.75) is 38.6 Å². The highest BCUT2D eigenvalue weighted by molar-refractivity contribution is 6.66. The molecule has 0 aromatic carbocycles. The van der Waals surface area contributed by atoms with Crippen LogP contribution in [0.3, 0.4) is 0 Å². The van der Waals surface area contributed by atoms with Crippen molar-refractivity contribution >= 4 is 18.8 Å². The standard InChI is InChI=1S/C9H25NO2Si2/c1-5-11-14(4,12-9(2)13)8-6-7-10-3/h9-10H,5-8H2,1-4,13H3. The van der Waals surface area contributed by atoms with Crippen LogP contribution in [0.4, 0.5) is 0 Å². The molecule has 0 aromatic heterocycles. The maximum absolute atomic E-state index is 5.98. The van der Waals surface area contributed by atoms with Gasteiger partial charge in [-0.3, -0.25) is 0 Å². The molecule has 0 bridgehead atoms. The van der Waals surface area contributed by atoms with E-state index < -0.39 is 8.56 Å². The van der Waals surface area contributed by atoms with E-state index in [1.165, 1.54) is 0 Å². The molecule has 0 heterocycles. The van der Waals surface area contributed by atoms with E-state index in [9.17, 15) is 0 Å². The topological polar surface area (TPSA) is 30.5 Å². The van der Waals surface area contributed by atoms with Gasteiger partial charge in [-0.05, 0) is 46.5 Å². The first-order chi connectivity index (χ1) is 6.54. The van der Waals surface area contributed by atoms with Gasteiger partial charge in [0.25, 0.3) is 0 Å². The van der Waals surface area contributed by atoms with Crippen LogP contribution in [0.1, 0.15) is 20.3 Å². The predicted molar refractivity (Wildman–Crippen MR) is 67.1 cm³/mol. The van der Waals surface area contributed by atoms with E-state index >= 15 is 0 Å². The van der Waals surface area contributed by atoms with Gasteiger partial charge in [-0.15, -0.1) is 0 Å². The summed E-state index contributed by atoms with van der Waals surface area (Å²) in [5.41, 5.74) is 0.410. The molecule has 0 saturated heterocycles. The van der Waals surface area contributed by atoms with Crippen LogP contribution < -0.4 is 5.32 Å². The second-order valence-corrected chi connectivity index (χ2v) is 8.86. The molecular formula is C9H25NO2Si2. The zero-order valence-corrected chi connectivity index (χ0v) is 13.2. The molecule has 2 unspecified atom stereocenters. The Morgan fingerprint density at radius 2 is 2.14 bits per heavy atom. The number of hydrogen-bond acceptors (Lipinski definition) is 3. The molecule has 0 saturated carbocycles. The van der Waals surface area contributed by atoms with Gasteiger partial charge in [0, 0.05) is 22.6 Å². The van der Waals surface area contributed by atoms with Crippen LogP contribution >= 0.6 is 0 Å². The zero-order chi connectivity index (χ0) is 11.0. The third kappa shape index (κ3) is 6.72. The van der Waals surface area contributed by atoms with Crippen molar-refractivity contribution in [3.63, 3.8) is 0 Å². The summed E-state index contributed by atoms with van der Waals surface area (Å²) in [6.07, 6.45) is 1.15. The average Bonchev–Trinajstić information content (AvgIpc) is 2.03. The van der Waals surface area contributed by atoms with Gasteiger partial charge in [0.15, 0.2) is 0 Å². The van der Waals surface area contributed by atoms with Crippen LogP contribution in [0, 0.1) is 0 Å². The zero-order valence-electron chi connectivity index (χ0n) is 10.2. The third-order valence-corrected chi connectivity index (χ3v) is 5.83. The predicted octanol–water partition coefficient (Wildman–Crippen LogP) is 0.432. The molecule has 0 aromatic rings. The van der Waals surface area contributed by atoms with Crippen molar-refractivity contribution in [3.05, 3.63) is 0 Å². The van der Waals surface area contributed by atoms with Crippen molar-refractivity contribution < 1.29 is 8.85 Å². The first-order valence-electron chi connectivity index (χ1n) is 5.50. The van der Waals surface area contributed by atoms with Crippen molar-refractivity contribution in [2.75, 3.05) is 20.2 Å². The third-order valence-electron chi connectivity index (χ3n) is 1.99. The van der Waals surface area contributed by atoms with E-state index in [1.54, 1.807) is 0 Å². The van der Waals surface area contributed by atoms with Crippen LogP contribution in [0.15, 0.2) is 0 Å². The van der Waals surface area contributed by atoms with Crippen LogP contribution in [-0.2, 0) is 8.85 Å². The molecule has 0 spiro atoms. The Morgan fingerprint density at radius 1 is 1.50 bits per heavy atom. The minimum absolute atomic E-state index is 0.410. The molecule has 0 aliphatic heterocycles. The Kier molecular flexibility index (Phi) is 7.76. The monoisotopic (exact) mass is 235 g/mol. The molecule has 0 aliphatic carbocycles. The van der Waals surface area contributed by atoms with E-state index in [0.717, 1.165) is 35.9 Å². The van der Waals surface area contributed by atoms with E-state index in [2.05, 4.69) is 18.8 Å². The van der Waals surface area contributed by atoms with Crippen molar-refractivity contribution in [2.24, 2.45) is 0 Å². The van der Waals surface area contributed by atoms with Gasteiger partial charge in [0.2, 0.25) is 0 Å². The lowest BCUT2D eigenvalue weighted by atomic mass is 10.5. The second kappa shape index (κ2) is 7.59. The number of hydrogen-bond donors (Lipinski definition) is 1. The highest BCUT2D eigenvalue weighted by Gasteiger charge is 2.31. The maximum atomic E-state index is 5.98. The molecule has 0 aliphatic rings. The molecule has 0 radical (unpaired) electrons. The Bertz CT molecular complexity index is 147. The van der Waals surface area contributed by atoms with Gasteiger partial charge in [0.05, 0.1) is 0 Å². The maximum Gasteiger partial charge on any atom is 0.334 e. The molecule has 86 valence electrons. The van der Waals surface area contributed by atoms with Gasteiger partial charge >= 0.3 is 8.56 Å². The average molecular weight is 235 g/mol. The lowest BCUT2D eigenvalue weighted by Crippen LogP contribution is -2.42. The molecule has 1 N–H and O–H groups in total. The Hall–Kier alpha value is 0.314. The van der Waals surface area contributed by atoms with Crippen LogP contribution in [0.25, 0.3) is 0 Å². The molecule has 5 heteroatoms. The van der Waals surface area contributed by atoms with Gasteiger partial charge in [-0.25, -0.2) is 0 Å². The first-order valence-corrected chi connectivity index (χ1v) is 9.18. The lowest BCUT2D eigenvalue weighted by Gasteiger charge is -2.28. The SMILES string of the molecule is CCO[Si](C)(CCCNC)OC(C)[SiH3]. The van der Waals surface area contributed by atoms with Crippen molar-refractivity contribution in [1.29, 1.82) is 0 Å². The molecule has 2 atom stereocenters. The molecule has 0 amide bonds. The second-order valence-electron chi connectivity index (χ2n) is 3.94. The number of rotatable bonds is 8. The van der Waals surface area contributed by atoms with E-state index in [-0.39, 0.29) is 0 Å². The number of nitrogens with one attached hydrogen (secondary N) is 1. The highest BCUT2D eigenvalue weighted by Crippen LogP contribution is 2.16. The fourth-order valence-corrected chi connectivity index (χ4v) is 5.81. The summed E-state index contributed by atoms with van der Waals surface area (Å²) < 4.78 is 11.8. The lowest BCUT2D eigenvalue weighted by molar-refractivity contribution is 0.170. The summed E-state index contributed by atoms with van der Waals surface area (Å²) in [6.45, 7) is 8.19. The van der Waals surface area contributed by atoms with Gasteiger partial charge in [-0.1, -0.05) is 0 Å². The molecule has 0 rings (SSSR count). The Labute approximate surface area is 92.2 Å². The van der Waals surface area contributed by atoms with Crippen molar-refractivity contribution in [3.8, 4) is 0 Å². The van der Waals surface area contributed by atoms with E-state index in [1.807, 2.05) is 14.0 Å². The quantitative estimate of drug-likeness (QED) is 0.489. The molecule has 3 nitrogen and oxygen atoms in total. The molecule has 0 fully saturated rings. The Morgan fingerprint density at radius 3 is 2.57 bits per heavy atom. The largest absolute Gasteiger partial charge is 0.396 e. The van der Waals surface area contributed by atoms with E-state index in [0.29, 0.717) is 5.73 Å². The fourth-order valence-electron chi connectivity index (χ4n) is 1.56. The van der Waals surface area contributed by atoms with Crippen LogP contribution in [0.2, 0.25) is 12.6 Å². The molecule has 14 heavy (non-hydrogen) atoms. The summed E-state index contributed by atoms with van der Waals surface area (Å²) in [6, 6.07) is 1.09. The summed E-state index contributed by atoms with van der Waals surface area (Å²) in [5.74, 6) is 0. The summed E-state index contributed by atoms with van der Waals surface area (Å²) in [7, 11) is 1.21. The molecular weight excluding hydrogens is 210 g/mol. The summed E-state index contributed by atoms with van der Waals surface area (Å²) in [4.78, 5) is 0. The summed E-state index contributed by atoms with van der Waals surface area (Å²) in [5, 5.41) is 3.16.